The normalized spacial score (nSPS) is 10.9. The van der Waals surface area contributed by atoms with E-state index in [9.17, 15) is 9.59 Å². The van der Waals surface area contributed by atoms with Crippen molar-refractivity contribution in [3.8, 4) is 5.75 Å². The number of hydrogen-bond donors (Lipinski definition) is 0. The largest absolute Gasteiger partial charge is 0.485 e. The van der Waals surface area contributed by atoms with Crippen molar-refractivity contribution in [2.45, 2.75) is 33.1 Å². The highest BCUT2D eigenvalue weighted by atomic mass is 79.9. The van der Waals surface area contributed by atoms with Gasteiger partial charge in [0, 0.05) is 27.1 Å². The number of ketones is 1. The minimum atomic E-state index is -0.361. The van der Waals surface area contributed by atoms with Gasteiger partial charge in [0.15, 0.2) is 12.4 Å². The Balaban J connectivity index is 1.85. The predicted octanol–water partition coefficient (Wildman–Crippen LogP) is 5.47. The summed E-state index contributed by atoms with van der Waals surface area (Å²) < 4.78 is 12.1. The van der Waals surface area contributed by atoms with Gasteiger partial charge in [-0.3, -0.25) is 4.79 Å². The summed E-state index contributed by atoms with van der Waals surface area (Å²) in [5, 5.41) is 0.923. The Hall–Kier alpha value is -2.40. The van der Waals surface area contributed by atoms with Crippen LogP contribution in [-0.4, -0.2) is 12.4 Å². The van der Waals surface area contributed by atoms with Gasteiger partial charge < -0.3 is 9.15 Å². The molecule has 27 heavy (non-hydrogen) atoms. The number of hydrogen-bond acceptors (Lipinski definition) is 4. The lowest BCUT2D eigenvalue weighted by molar-refractivity contribution is 0.0921. The summed E-state index contributed by atoms with van der Waals surface area (Å²) in [5.41, 5.74) is 2.47. The Bertz CT molecular complexity index is 1020. The number of unbranched alkanes of at least 4 members (excludes halogenated alkanes) is 1. The Labute approximate surface area is 166 Å². The molecule has 0 spiro atoms. The Morgan fingerprint density at radius 3 is 2.59 bits per heavy atom. The van der Waals surface area contributed by atoms with Crippen LogP contribution in [-0.2, 0) is 6.42 Å². The van der Waals surface area contributed by atoms with Crippen molar-refractivity contribution >= 4 is 32.7 Å². The number of ether oxygens (including phenoxy) is 1. The molecule has 0 fully saturated rings. The second-order valence-electron chi connectivity index (χ2n) is 6.48. The van der Waals surface area contributed by atoms with Gasteiger partial charge in [-0.05, 0) is 49.6 Å². The molecule has 0 atom stereocenters. The highest BCUT2D eigenvalue weighted by Gasteiger charge is 2.13. The van der Waals surface area contributed by atoms with Crippen LogP contribution in [0.4, 0.5) is 0 Å². The Morgan fingerprint density at radius 1 is 1.15 bits per heavy atom. The maximum absolute atomic E-state index is 12.3. The van der Waals surface area contributed by atoms with Crippen molar-refractivity contribution in [1.29, 1.82) is 0 Å². The highest BCUT2D eigenvalue weighted by Crippen LogP contribution is 2.29. The van der Waals surface area contributed by atoms with E-state index >= 15 is 0 Å². The Kier molecular flexibility index (Phi) is 6.11. The molecule has 0 saturated heterocycles. The molecule has 3 rings (SSSR count). The van der Waals surface area contributed by atoms with Gasteiger partial charge in [-0.15, -0.1) is 0 Å². The van der Waals surface area contributed by atoms with E-state index in [1.165, 1.54) is 0 Å². The Morgan fingerprint density at radius 2 is 1.89 bits per heavy atom. The number of carbonyl (C=O) groups is 1. The first-order valence-electron chi connectivity index (χ1n) is 8.97. The summed E-state index contributed by atoms with van der Waals surface area (Å²) in [6.07, 6.45) is 2.90. The third-order valence-corrected chi connectivity index (χ3v) is 5.05. The summed E-state index contributed by atoms with van der Waals surface area (Å²) in [6.45, 7) is 3.88. The topological polar surface area (TPSA) is 56.5 Å². The minimum Gasteiger partial charge on any atom is -0.485 e. The van der Waals surface area contributed by atoms with E-state index in [1.807, 2.05) is 31.2 Å². The number of aryl methyl sites for hydroxylation is 2. The molecule has 0 N–H and O–H groups in total. The van der Waals surface area contributed by atoms with Crippen molar-refractivity contribution in [2.24, 2.45) is 0 Å². The summed E-state index contributed by atoms with van der Waals surface area (Å²) in [6, 6.07) is 12.4. The lowest BCUT2D eigenvalue weighted by Gasteiger charge is -2.12. The van der Waals surface area contributed by atoms with Crippen molar-refractivity contribution in [3.63, 3.8) is 0 Å². The van der Waals surface area contributed by atoms with Crippen LogP contribution in [0.3, 0.4) is 0 Å². The molecule has 0 bridgehead atoms. The monoisotopic (exact) mass is 428 g/mol. The fourth-order valence-electron chi connectivity index (χ4n) is 3.00. The third-order valence-electron chi connectivity index (χ3n) is 4.52. The molecule has 0 amide bonds. The number of fused-ring (bicyclic) bond motifs is 1. The van der Waals surface area contributed by atoms with Crippen LogP contribution in [0.1, 0.15) is 41.3 Å². The van der Waals surface area contributed by atoms with Gasteiger partial charge in [0.2, 0.25) is 0 Å². The molecular formula is C22H21BrO4. The fourth-order valence-corrected chi connectivity index (χ4v) is 3.27. The van der Waals surface area contributed by atoms with Gasteiger partial charge >= 0.3 is 5.63 Å². The zero-order valence-electron chi connectivity index (χ0n) is 15.4. The zero-order chi connectivity index (χ0) is 19.4. The SMILES string of the molecule is CCCCc1cc(=O)oc2c(C)c(OCC(=O)c3ccc(Br)cc3)ccc12. The molecule has 0 unspecified atom stereocenters. The zero-order valence-corrected chi connectivity index (χ0v) is 17.0. The molecule has 0 aliphatic heterocycles. The van der Waals surface area contributed by atoms with Crippen LogP contribution < -0.4 is 10.4 Å². The van der Waals surface area contributed by atoms with Crippen LogP contribution in [0.25, 0.3) is 11.0 Å². The van der Waals surface area contributed by atoms with E-state index in [-0.39, 0.29) is 18.0 Å². The summed E-state index contributed by atoms with van der Waals surface area (Å²) in [7, 11) is 0. The number of rotatable bonds is 7. The first-order chi connectivity index (χ1) is 13.0. The molecule has 4 nitrogen and oxygen atoms in total. The van der Waals surface area contributed by atoms with Gasteiger partial charge in [0.1, 0.15) is 11.3 Å². The first-order valence-corrected chi connectivity index (χ1v) is 9.76. The lowest BCUT2D eigenvalue weighted by Crippen LogP contribution is -2.12. The number of Topliss-reactive ketones (excluding diaryl/α,β-unsaturated/α-hetero) is 1. The molecule has 5 heteroatoms. The van der Waals surface area contributed by atoms with Gasteiger partial charge in [-0.1, -0.05) is 41.4 Å². The molecule has 1 heterocycles. The second kappa shape index (κ2) is 8.53. The molecule has 0 aliphatic carbocycles. The number of halogens is 1. The van der Waals surface area contributed by atoms with E-state index in [0.717, 1.165) is 40.2 Å². The lowest BCUT2D eigenvalue weighted by atomic mass is 10.0. The van der Waals surface area contributed by atoms with Crippen LogP contribution in [0.5, 0.6) is 5.75 Å². The number of carbonyl (C=O) groups excluding carboxylic acids is 1. The van der Waals surface area contributed by atoms with Crippen LogP contribution in [0, 0.1) is 6.92 Å². The molecular weight excluding hydrogens is 408 g/mol. The van der Waals surface area contributed by atoms with Crippen LogP contribution in [0.2, 0.25) is 0 Å². The second-order valence-corrected chi connectivity index (χ2v) is 7.39. The smallest absolute Gasteiger partial charge is 0.336 e. The predicted molar refractivity (Wildman–Crippen MR) is 110 cm³/mol. The van der Waals surface area contributed by atoms with Crippen LogP contribution >= 0.6 is 15.9 Å². The van der Waals surface area contributed by atoms with Gasteiger partial charge in [-0.2, -0.15) is 0 Å². The highest BCUT2D eigenvalue weighted by molar-refractivity contribution is 9.10. The van der Waals surface area contributed by atoms with Crippen molar-refractivity contribution in [2.75, 3.05) is 6.61 Å². The molecule has 0 aliphatic rings. The fraction of sp³-hybridized carbons (Fsp3) is 0.273. The van der Waals surface area contributed by atoms with Gasteiger partial charge in [0.25, 0.3) is 0 Å². The van der Waals surface area contributed by atoms with E-state index < -0.39 is 0 Å². The van der Waals surface area contributed by atoms with E-state index in [0.29, 0.717) is 16.9 Å². The average molecular weight is 429 g/mol. The molecule has 1 aromatic heterocycles. The van der Waals surface area contributed by atoms with Gasteiger partial charge in [-0.25, -0.2) is 4.79 Å². The third kappa shape index (κ3) is 4.48. The average Bonchev–Trinajstić information content (AvgIpc) is 2.66. The standard InChI is InChI=1S/C22H21BrO4/c1-3-4-5-16-12-21(25)27-22-14(2)20(11-10-18(16)22)26-13-19(24)15-6-8-17(23)9-7-15/h6-12H,3-5,13H2,1-2H3. The number of benzene rings is 2. The summed E-state index contributed by atoms with van der Waals surface area (Å²) >= 11 is 3.35. The van der Waals surface area contributed by atoms with E-state index in [1.54, 1.807) is 18.2 Å². The molecule has 3 aromatic rings. The molecule has 2 aromatic carbocycles. The molecule has 140 valence electrons. The van der Waals surface area contributed by atoms with E-state index in [4.69, 9.17) is 9.15 Å². The molecule has 0 radical (unpaired) electrons. The quantitative estimate of drug-likeness (QED) is 0.369. The van der Waals surface area contributed by atoms with Crippen molar-refractivity contribution in [3.05, 3.63) is 74.0 Å². The van der Waals surface area contributed by atoms with Gasteiger partial charge in [0.05, 0.1) is 0 Å². The van der Waals surface area contributed by atoms with Crippen molar-refractivity contribution in [1.82, 2.24) is 0 Å². The van der Waals surface area contributed by atoms with Crippen LogP contribution in [0.15, 0.2) is 56.1 Å². The summed E-state index contributed by atoms with van der Waals surface area (Å²) in [4.78, 5) is 24.3. The minimum absolute atomic E-state index is 0.0757. The summed E-state index contributed by atoms with van der Waals surface area (Å²) in [5.74, 6) is 0.434. The van der Waals surface area contributed by atoms with Crippen molar-refractivity contribution < 1.29 is 13.9 Å². The van der Waals surface area contributed by atoms with E-state index in [2.05, 4.69) is 22.9 Å². The maximum Gasteiger partial charge on any atom is 0.336 e. The maximum atomic E-state index is 12.3. The molecule has 0 saturated carbocycles. The first kappa shape index (κ1) is 19.4.